The van der Waals surface area contributed by atoms with Crippen molar-refractivity contribution in [1.29, 1.82) is 0 Å². The van der Waals surface area contributed by atoms with Gasteiger partial charge >= 0.3 is 7.12 Å². The van der Waals surface area contributed by atoms with Gasteiger partial charge in [0, 0.05) is 5.56 Å². The number of aliphatic hydroxyl groups is 1. The Labute approximate surface area is 113 Å². The number of benzene rings is 1. The molecule has 0 aromatic heterocycles. The largest absolute Gasteiger partial charge is 0.495 e. The molecule has 1 fully saturated rings. The van der Waals surface area contributed by atoms with Gasteiger partial charge in [-0.15, -0.1) is 0 Å². The Balaban J connectivity index is 2.40. The van der Waals surface area contributed by atoms with Crippen LogP contribution in [0, 0.1) is 0 Å². The lowest BCUT2D eigenvalue weighted by Gasteiger charge is -2.32. The van der Waals surface area contributed by atoms with Crippen molar-refractivity contribution in [2.75, 3.05) is 0 Å². The molecule has 0 bridgehead atoms. The predicted octanol–water partition coefficient (Wildman–Crippen LogP) is 1.29. The average molecular weight is 262 g/mol. The smallest absolute Gasteiger partial charge is 0.399 e. The number of hydrogen-bond acceptors (Lipinski definition) is 4. The molecule has 102 valence electrons. The van der Waals surface area contributed by atoms with E-state index >= 15 is 0 Å². The van der Waals surface area contributed by atoms with Crippen LogP contribution >= 0.6 is 0 Å². The lowest BCUT2D eigenvalue weighted by Crippen LogP contribution is -2.41. The zero-order valence-electron chi connectivity index (χ0n) is 11.8. The molecule has 0 spiro atoms. The fraction of sp³-hybridized carbons (Fsp3) is 0.500. The molecule has 5 heteroatoms. The average Bonchev–Trinajstić information content (AvgIpc) is 2.57. The highest BCUT2D eigenvalue weighted by Gasteiger charge is 2.52. The van der Waals surface area contributed by atoms with Crippen LogP contribution in [0.5, 0.6) is 0 Å². The van der Waals surface area contributed by atoms with Gasteiger partial charge in [0.2, 0.25) is 0 Å². The summed E-state index contributed by atoms with van der Waals surface area (Å²) in [5.41, 5.74) is 1.02. The normalized spacial score (nSPS) is 20.6. The summed E-state index contributed by atoms with van der Waals surface area (Å²) in [5.74, 6) is 0. The monoisotopic (exact) mass is 262 g/mol. The Morgan fingerprint density at radius 2 is 1.79 bits per heavy atom. The van der Waals surface area contributed by atoms with E-state index in [4.69, 9.17) is 9.31 Å². The first-order valence-corrected chi connectivity index (χ1v) is 6.35. The van der Waals surface area contributed by atoms with Crippen LogP contribution < -0.4 is 5.46 Å². The minimum absolute atomic E-state index is 0.0777. The van der Waals surface area contributed by atoms with Crippen molar-refractivity contribution in [3.8, 4) is 0 Å². The minimum atomic E-state index is -0.586. The fourth-order valence-corrected chi connectivity index (χ4v) is 2.00. The molecule has 1 heterocycles. The van der Waals surface area contributed by atoms with Gasteiger partial charge in [0.25, 0.3) is 0 Å². The summed E-state index contributed by atoms with van der Waals surface area (Å²) < 4.78 is 11.9. The summed E-state index contributed by atoms with van der Waals surface area (Å²) in [6.45, 7) is 7.77. The van der Waals surface area contributed by atoms with Crippen LogP contribution in [0.2, 0.25) is 0 Å². The van der Waals surface area contributed by atoms with Crippen LogP contribution in [0.3, 0.4) is 0 Å². The number of aldehydes is 1. The maximum atomic E-state index is 11.1. The molecule has 0 aliphatic carbocycles. The van der Waals surface area contributed by atoms with Crippen molar-refractivity contribution in [3.05, 3.63) is 29.3 Å². The number of rotatable bonds is 3. The molecule has 4 nitrogen and oxygen atoms in total. The zero-order chi connectivity index (χ0) is 14.3. The summed E-state index contributed by atoms with van der Waals surface area (Å²) in [6.07, 6.45) is 0.779. The van der Waals surface area contributed by atoms with Gasteiger partial charge in [0.15, 0.2) is 0 Å². The van der Waals surface area contributed by atoms with E-state index in [2.05, 4.69) is 0 Å². The fourth-order valence-electron chi connectivity index (χ4n) is 2.00. The first kappa shape index (κ1) is 14.2. The maximum absolute atomic E-state index is 11.1. The molecule has 19 heavy (non-hydrogen) atoms. The topological polar surface area (TPSA) is 55.8 Å². The van der Waals surface area contributed by atoms with Crippen molar-refractivity contribution >= 4 is 18.9 Å². The quantitative estimate of drug-likeness (QED) is 0.658. The van der Waals surface area contributed by atoms with Crippen molar-refractivity contribution in [3.63, 3.8) is 0 Å². The summed E-state index contributed by atoms with van der Waals surface area (Å²) in [7, 11) is -0.586. The van der Waals surface area contributed by atoms with Gasteiger partial charge < -0.3 is 14.4 Å². The van der Waals surface area contributed by atoms with E-state index in [1.54, 1.807) is 18.2 Å². The molecular weight excluding hydrogens is 243 g/mol. The number of hydrogen-bond donors (Lipinski definition) is 1. The van der Waals surface area contributed by atoms with Gasteiger partial charge in [0.1, 0.15) is 6.29 Å². The van der Waals surface area contributed by atoms with Crippen molar-refractivity contribution in [1.82, 2.24) is 0 Å². The number of aliphatic hydroxyl groups excluding tert-OH is 1. The van der Waals surface area contributed by atoms with Crippen LogP contribution in [0.25, 0.3) is 0 Å². The molecule has 0 atom stereocenters. The second-order valence-corrected chi connectivity index (χ2v) is 5.83. The predicted molar refractivity (Wildman–Crippen MR) is 73.5 cm³/mol. The van der Waals surface area contributed by atoms with E-state index in [-0.39, 0.29) is 6.61 Å². The van der Waals surface area contributed by atoms with Gasteiger partial charge in [-0.2, -0.15) is 0 Å². The number of carbonyl (C=O) groups is 1. The number of carbonyl (C=O) groups excluding carboxylic acids is 1. The maximum Gasteiger partial charge on any atom is 0.495 e. The van der Waals surface area contributed by atoms with E-state index < -0.39 is 18.3 Å². The minimum Gasteiger partial charge on any atom is -0.399 e. The summed E-state index contributed by atoms with van der Waals surface area (Å²) in [5, 5.41) is 9.20. The lowest BCUT2D eigenvalue weighted by atomic mass is 9.75. The second kappa shape index (κ2) is 4.74. The van der Waals surface area contributed by atoms with Gasteiger partial charge in [-0.3, -0.25) is 4.79 Å². The summed E-state index contributed by atoms with van der Waals surface area (Å²) in [6, 6.07) is 5.16. The molecule has 1 N–H and O–H groups in total. The Kier molecular flexibility index (Phi) is 3.56. The molecule has 2 rings (SSSR count). The van der Waals surface area contributed by atoms with E-state index in [0.29, 0.717) is 11.0 Å². The van der Waals surface area contributed by atoms with Gasteiger partial charge in [-0.25, -0.2) is 0 Å². The highest BCUT2D eigenvalue weighted by molar-refractivity contribution is 6.63. The zero-order valence-corrected chi connectivity index (χ0v) is 11.8. The van der Waals surface area contributed by atoms with Gasteiger partial charge in [-0.1, -0.05) is 18.2 Å². The Bertz CT molecular complexity index is 480. The van der Waals surface area contributed by atoms with Crippen molar-refractivity contribution in [2.45, 2.75) is 45.5 Å². The molecule has 0 radical (unpaired) electrons. The lowest BCUT2D eigenvalue weighted by molar-refractivity contribution is 0.00578. The van der Waals surface area contributed by atoms with E-state index in [1.165, 1.54) is 0 Å². The Hall–Kier alpha value is -1.17. The SMILES string of the molecule is CC1(C)OB(c2cc(CO)ccc2C=O)OC1(C)C. The molecule has 0 saturated carbocycles. The van der Waals surface area contributed by atoms with Crippen LogP contribution in [-0.2, 0) is 15.9 Å². The molecule has 1 saturated heterocycles. The third kappa shape index (κ3) is 2.46. The molecule has 1 aromatic carbocycles. The highest BCUT2D eigenvalue weighted by atomic mass is 16.7. The molecule has 1 aromatic rings. The Morgan fingerprint density at radius 3 is 2.26 bits per heavy atom. The van der Waals surface area contributed by atoms with Gasteiger partial charge in [-0.05, 0) is 38.7 Å². The highest BCUT2D eigenvalue weighted by Crippen LogP contribution is 2.36. The van der Waals surface area contributed by atoms with Crippen LogP contribution in [0.15, 0.2) is 18.2 Å². The molecule has 0 amide bonds. The first-order chi connectivity index (χ1) is 8.80. The molecule has 0 unspecified atom stereocenters. The standard InChI is InChI=1S/C14H19BO4/c1-13(2)14(3,4)19-15(18-13)12-7-10(8-16)5-6-11(12)9-17/h5-7,9,16H,8H2,1-4H3. The Morgan fingerprint density at radius 1 is 1.21 bits per heavy atom. The van der Waals surface area contributed by atoms with Crippen molar-refractivity contribution < 1.29 is 19.2 Å². The van der Waals surface area contributed by atoms with Crippen LogP contribution in [-0.4, -0.2) is 29.7 Å². The van der Waals surface area contributed by atoms with Crippen molar-refractivity contribution in [2.24, 2.45) is 0 Å². The summed E-state index contributed by atoms with van der Waals surface area (Å²) >= 11 is 0. The molecule has 1 aliphatic heterocycles. The third-order valence-electron chi connectivity index (χ3n) is 3.97. The van der Waals surface area contributed by atoms with Gasteiger partial charge in [0.05, 0.1) is 17.8 Å². The van der Waals surface area contributed by atoms with E-state index in [0.717, 1.165) is 11.8 Å². The second-order valence-electron chi connectivity index (χ2n) is 5.83. The summed E-state index contributed by atoms with van der Waals surface area (Å²) in [4.78, 5) is 11.1. The molecular formula is C14H19BO4. The third-order valence-corrected chi connectivity index (χ3v) is 3.97. The van der Waals surface area contributed by atoms with E-state index in [9.17, 15) is 9.90 Å². The van der Waals surface area contributed by atoms with Crippen LogP contribution in [0.4, 0.5) is 0 Å². The van der Waals surface area contributed by atoms with Crippen LogP contribution in [0.1, 0.15) is 43.6 Å². The van der Waals surface area contributed by atoms with E-state index in [1.807, 2.05) is 27.7 Å². The molecule has 1 aliphatic rings. The first-order valence-electron chi connectivity index (χ1n) is 6.35.